The fraction of sp³-hybridized carbons (Fsp3) is 0.429. The standard InChI is InChI=1S/C14H16N2O3/c1-10-4-5-12(19-10)7-11(8-15)14(17)16-9-13-3-2-6-18-13/h4-5,7,13H,2-3,6,9H2,1H3,(H,16,17)/b11-7+. The molecule has 1 N–H and O–H groups in total. The zero-order valence-corrected chi connectivity index (χ0v) is 10.8. The van der Waals surface area contributed by atoms with E-state index < -0.39 is 5.91 Å². The number of carbonyl (C=O) groups is 1. The van der Waals surface area contributed by atoms with Crippen LogP contribution >= 0.6 is 0 Å². The summed E-state index contributed by atoms with van der Waals surface area (Å²) < 4.78 is 10.7. The highest BCUT2D eigenvalue weighted by Crippen LogP contribution is 2.12. The number of carbonyl (C=O) groups excluding carboxylic acids is 1. The molecule has 1 aromatic rings. The van der Waals surface area contributed by atoms with E-state index in [1.807, 2.05) is 6.07 Å². The average Bonchev–Trinajstić information content (AvgIpc) is 3.04. The molecule has 0 aliphatic carbocycles. The molecular formula is C14H16N2O3. The summed E-state index contributed by atoms with van der Waals surface area (Å²) in [6, 6.07) is 5.39. The molecule has 19 heavy (non-hydrogen) atoms. The van der Waals surface area contributed by atoms with E-state index in [-0.39, 0.29) is 11.7 Å². The van der Waals surface area contributed by atoms with Crippen LogP contribution < -0.4 is 5.32 Å². The van der Waals surface area contributed by atoms with Crippen molar-refractivity contribution in [1.82, 2.24) is 5.32 Å². The second kappa shape index (κ2) is 6.21. The molecule has 0 bridgehead atoms. The normalized spacial score (nSPS) is 19.2. The number of rotatable bonds is 4. The Kier molecular flexibility index (Phi) is 4.37. The van der Waals surface area contributed by atoms with Gasteiger partial charge in [0, 0.05) is 19.2 Å². The van der Waals surface area contributed by atoms with E-state index >= 15 is 0 Å². The predicted molar refractivity (Wildman–Crippen MR) is 69.0 cm³/mol. The quantitative estimate of drug-likeness (QED) is 0.661. The molecule has 100 valence electrons. The highest BCUT2D eigenvalue weighted by molar-refractivity contribution is 6.01. The first kappa shape index (κ1) is 13.4. The molecule has 5 nitrogen and oxygen atoms in total. The maximum atomic E-state index is 11.8. The van der Waals surface area contributed by atoms with Crippen molar-refractivity contribution in [2.45, 2.75) is 25.9 Å². The van der Waals surface area contributed by atoms with Crippen molar-refractivity contribution in [3.8, 4) is 6.07 Å². The van der Waals surface area contributed by atoms with Crippen LogP contribution in [0, 0.1) is 18.3 Å². The molecule has 1 aliphatic heterocycles. The van der Waals surface area contributed by atoms with Crippen molar-refractivity contribution in [3.63, 3.8) is 0 Å². The van der Waals surface area contributed by atoms with Crippen LogP contribution in [0.25, 0.3) is 6.08 Å². The first-order valence-corrected chi connectivity index (χ1v) is 6.27. The molecule has 0 radical (unpaired) electrons. The average molecular weight is 260 g/mol. The van der Waals surface area contributed by atoms with Crippen molar-refractivity contribution >= 4 is 12.0 Å². The van der Waals surface area contributed by atoms with E-state index in [1.165, 1.54) is 6.08 Å². The van der Waals surface area contributed by atoms with Crippen molar-refractivity contribution in [1.29, 1.82) is 5.26 Å². The fourth-order valence-corrected chi connectivity index (χ4v) is 1.93. The number of hydrogen-bond acceptors (Lipinski definition) is 4. The Labute approximate surface area is 111 Å². The third-order valence-corrected chi connectivity index (χ3v) is 2.93. The Bertz CT molecular complexity index is 519. The smallest absolute Gasteiger partial charge is 0.262 e. The Hall–Kier alpha value is -2.06. The van der Waals surface area contributed by atoms with Gasteiger partial charge in [-0.2, -0.15) is 5.26 Å². The summed E-state index contributed by atoms with van der Waals surface area (Å²) in [5, 5.41) is 11.7. The molecule has 5 heteroatoms. The van der Waals surface area contributed by atoms with Crippen LogP contribution in [0.2, 0.25) is 0 Å². The molecule has 1 aromatic heterocycles. The second-order valence-electron chi connectivity index (χ2n) is 4.46. The van der Waals surface area contributed by atoms with Gasteiger partial charge in [-0.25, -0.2) is 0 Å². The summed E-state index contributed by atoms with van der Waals surface area (Å²) in [7, 11) is 0. The zero-order chi connectivity index (χ0) is 13.7. The van der Waals surface area contributed by atoms with Crippen LogP contribution in [0.4, 0.5) is 0 Å². The Balaban J connectivity index is 1.95. The van der Waals surface area contributed by atoms with Crippen LogP contribution in [-0.2, 0) is 9.53 Å². The maximum Gasteiger partial charge on any atom is 0.262 e. The maximum absolute atomic E-state index is 11.8. The van der Waals surface area contributed by atoms with Gasteiger partial charge in [-0.1, -0.05) is 0 Å². The Morgan fingerprint density at radius 3 is 3.05 bits per heavy atom. The van der Waals surface area contributed by atoms with Gasteiger partial charge in [0.2, 0.25) is 0 Å². The lowest BCUT2D eigenvalue weighted by molar-refractivity contribution is -0.117. The lowest BCUT2D eigenvalue weighted by atomic mass is 10.2. The van der Waals surface area contributed by atoms with Gasteiger partial charge in [-0.3, -0.25) is 4.79 Å². The SMILES string of the molecule is Cc1ccc(/C=C(\C#N)C(=O)NCC2CCCO2)o1. The van der Waals surface area contributed by atoms with Gasteiger partial charge < -0.3 is 14.5 Å². The van der Waals surface area contributed by atoms with E-state index in [0.717, 1.165) is 25.2 Å². The minimum Gasteiger partial charge on any atom is -0.462 e. The number of amides is 1. The third kappa shape index (κ3) is 3.70. The highest BCUT2D eigenvalue weighted by Gasteiger charge is 2.17. The molecule has 1 saturated heterocycles. The number of nitrogens with zero attached hydrogens (tertiary/aromatic N) is 1. The molecule has 2 rings (SSSR count). The first-order chi connectivity index (χ1) is 9.19. The van der Waals surface area contributed by atoms with E-state index in [2.05, 4.69) is 5.32 Å². The summed E-state index contributed by atoms with van der Waals surface area (Å²) in [6.45, 7) is 2.99. The lowest BCUT2D eigenvalue weighted by Gasteiger charge is -2.09. The van der Waals surface area contributed by atoms with Gasteiger partial charge in [0.25, 0.3) is 5.91 Å². The minimum absolute atomic E-state index is 0.0346. The van der Waals surface area contributed by atoms with Crippen molar-refractivity contribution in [3.05, 3.63) is 29.2 Å². The summed E-state index contributed by atoms with van der Waals surface area (Å²) in [6.07, 6.45) is 3.48. The van der Waals surface area contributed by atoms with Crippen molar-refractivity contribution in [2.24, 2.45) is 0 Å². The van der Waals surface area contributed by atoms with E-state index in [9.17, 15) is 4.79 Å². The van der Waals surface area contributed by atoms with E-state index in [1.54, 1.807) is 19.1 Å². The molecule has 0 aromatic carbocycles. The molecule has 1 amide bonds. The largest absolute Gasteiger partial charge is 0.462 e. The van der Waals surface area contributed by atoms with Gasteiger partial charge in [0.15, 0.2) is 0 Å². The Morgan fingerprint density at radius 2 is 2.47 bits per heavy atom. The van der Waals surface area contributed by atoms with Crippen molar-refractivity contribution in [2.75, 3.05) is 13.2 Å². The number of nitrogens with one attached hydrogen (secondary N) is 1. The van der Waals surface area contributed by atoms with Crippen LogP contribution in [0.1, 0.15) is 24.4 Å². The molecular weight excluding hydrogens is 244 g/mol. The minimum atomic E-state index is -0.396. The molecule has 1 unspecified atom stereocenters. The summed E-state index contributed by atoms with van der Waals surface area (Å²) in [5.41, 5.74) is 0.0346. The third-order valence-electron chi connectivity index (χ3n) is 2.93. The monoisotopic (exact) mass is 260 g/mol. The van der Waals surface area contributed by atoms with Crippen molar-refractivity contribution < 1.29 is 13.9 Å². The Morgan fingerprint density at radius 1 is 1.63 bits per heavy atom. The molecule has 2 heterocycles. The van der Waals surface area contributed by atoms with Crippen LogP contribution in [0.15, 0.2) is 22.1 Å². The molecule has 1 aliphatic rings. The number of furan rings is 1. The van der Waals surface area contributed by atoms with Gasteiger partial charge in [0.1, 0.15) is 23.2 Å². The topological polar surface area (TPSA) is 75.3 Å². The van der Waals surface area contributed by atoms with Crippen LogP contribution in [0.5, 0.6) is 0 Å². The number of hydrogen-bond donors (Lipinski definition) is 1. The zero-order valence-electron chi connectivity index (χ0n) is 10.8. The van der Waals surface area contributed by atoms with Gasteiger partial charge in [0.05, 0.1) is 6.10 Å². The second-order valence-corrected chi connectivity index (χ2v) is 4.46. The summed E-state index contributed by atoms with van der Waals surface area (Å²) in [4.78, 5) is 11.8. The van der Waals surface area contributed by atoms with E-state index in [4.69, 9.17) is 14.4 Å². The lowest BCUT2D eigenvalue weighted by Crippen LogP contribution is -2.32. The molecule has 0 saturated carbocycles. The molecule has 0 spiro atoms. The molecule has 1 atom stereocenters. The number of nitriles is 1. The predicted octanol–water partition coefficient (Wildman–Crippen LogP) is 1.79. The molecule has 1 fully saturated rings. The van der Waals surface area contributed by atoms with Gasteiger partial charge in [-0.15, -0.1) is 0 Å². The van der Waals surface area contributed by atoms with Gasteiger partial charge in [-0.05, 0) is 31.9 Å². The van der Waals surface area contributed by atoms with E-state index in [0.29, 0.717) is 12.3 Å². The van der Waals surface area contributed by atoms with Gasteiger partial charge >= 0.3 is 0 Å². The summed E-state index contributed by atoms with van der Waals surface area (Å²) in [5.74, 6) is 0.844. The van der Waals surface area contributed by atoms with Crippen LogP contribution in [-0.4, -0.2) is 25.2 Å². The fourth-order valence-electron chi connectivity index (χ4n) is 1.93. The summed E-state index contributed by atoms with van der Waals surface area (Å²) >= 11 is 0. The number of ether oxygens (including phenoxy) is 1. The number of aryl methyl sites for hydroxylation is 1. The van der Waals surface area contributed by atoms with Crippen LogP contribution in [0.3, 0.4) is 0 Å². The first-order valence-electron chi connectivity index (χ1n) is 6.27. The highest BCUT2D eigenvalue weighted by atomic mass is 16.5.